The largest absolute Gasteiger partial charge is 0.331 e. The van der Waals surface area contributed by atoms with Gasteiger partial charge in [0, 0.05) is 22.4 Å². The Kier molecular flexibility index (Phi) is 5.71. The zero-order valence-electron chi connectivity index (χ0n) is 14.7. The molecule has 0 aliphatic rings. The van der Waals surface area contributed by atoms with Crippen molar-refractivity contribution in [3.63, 3.8) is 0 Å². The van der Waals surface area contributed by atoms with Crippen molar-refractivity contribution < 1.29 is 4.79 Å². The lowest BCUT2D eigenvalue weighted by Gasteiger charge is -2.11. The van der Waals surface area contributed by atoms with E-state index in [-0.39, 0.29) is 6.54 Å². The number of halogens is 1. The summed E-state index contributed by atoms with van der Waals surface area (Å²) in [7, 11) is 0. The second-order valence-corrected chi connectivity index (χ2v) is 7.00. The number of amides is 1. The summed E-state index contributed by atoms with van der Waals surface area (Å²) in [6.45, 7) is 1.89. The van der Waals surface area contributed by atoms with E-state index in [9.17, 15) is 14.4 Å². The summed E-state index contributed by atoms with van der Waals surface area (Å²) >= 11 is 3.40. The van der Waals surface area contributed by atoms with Gasteiger partial charge in [0.15, 0.2) is 0 Å². The molecule has 2 aromatic carbocycles. The summed E-state index contributed by atoms with van der Waals surface area (Å²) in [5.41, 5.74) is 1.48. The first-order valence-corrected chi connectivity index (χ1v) is 9.13. The Balaban J connectivity index is 1.80. The van der Waals surface area contributed by atoms with Crippen LogP contribution < -0.4 is 16.6 Å². The SMILES string of the molecule is Cc1cc(NC(=O)Cn2c(=O)ccn(Cc3ccccc3)c2=O)ccc1Br. The van der Waals surface area contributed by atoms with E-state index in [4.69, 9.17) is 0 Å². The Morgan fingerprint density at radius 3 is 2.52 bits per heavy atom. The molecule has 1 aromatic heterocycles. The molecule has 6 nitrogen and oxygen atoms in total. The number of carbonyl (C=O) groups is 1. The highest BCUT2D eigenvalue weighted by Crippen LogP contribution is 2.19. The topological polar surface area (TPSA) is 73.1 Å². The molecule has 0 aliphatic heterocycles. The summed E-state index contributed by atoms with van der Waals surface area (Å²) < 4.78 is 3.28. The van der Waals surface area contributed by atoms with Crippen molar-refractivity contribution in [2.24, 2.45) is 0 Å². The smallest absolute Gasteiger partial charge is 0.325 e. The van der Waals surface area contributed by atoms with Crippen molar-refractivity contribution in [1.29, 1.82) is 0 Å². The van der Waals surface area contributed by atoms with Crippen LogP contribution in [-0.2, 0) is 17.9 Å². The van der Waals surface area contributed by atoms with Gasteiger partial charge in [0.2, 0.25) is 5.91 Å². The quantitative estimate of drug-likeness (QED) is 0.680. The third-order valence-electron chi connectivity index (χ3n) is 4.08. The van der Waals surface area contributed by atoms with Crippen molar-refractivity contribution >= 4 is 27.5 Å². The standard InChI is InChI=1S/C20H18BrN3O3/c1-14-11-16(7-8-17(14)21)22-18(25)13-24-19(26)9-10-23(20(24)27)12-15-5-3-2-4-6-15/h2-11H,12-13H2,1H3,(H,22,25). The molecule has 7 heteroatoms. The molecule has 3 aromatic rings. The number of aromatic nitrogens is 2. The van der Waals surface area contributed by atoms with Gasteiger partial charge in [-0.2, -0.15) is 0 Å². The predicted molar refractivity (Wildman–Crippen MR) is 108 cm³/mol. The monoisotopic (exact) mass is 427 g/mol. The van der Waals surface area contributed by atoms with Crippen molar-refractivity contribution in [2.75, 3.05) is 5.32 Å². The summed E-state index contributed by atoms with van der Waals surface area (Å²) in [6, 6.07) is 16.1. The van der Waals surface area contributed by atoms with Gasteiger partial charge in [-0.1, -0.05) is 46.3 Å². The third kappa shape index (κ3) is 4.62. The first-order valence-electron chi connectivity index (χ1n) is 8.34. The lowest BCUT2D eigenvalue weighted by Crippen LogP contribution is -2.41. The van der Waals surface area contributed by atoms with E-state index in [1.807, 2.05) is 49.4 Å². The van der Waals surface area contributed by atoms with Gasteiger partial charge >= 0.3 is 5.69 Å². The Labute approximate surface area is 164 Å². The van der Waals surface area contributed by atoms with Crippen LogP contribution >= 0.6 is 15.9 Å². The third-order valence-corrected chi connectivity index (χ3v) is 4.97. The van der Waals surface area contributed by atoms with Crippen LogP contribution in [-0.4, -0.2) is 15.0 Å². The lowest BCUT2D eigenvalue weighted by atomic mass is 10.2. The summed E-state index contributed by atoms with van der Waals surface area (Å²) in [5, 5.41) is 2.71. The maximum absolute atomic E-state index is 12.6. The molecule has 0 saturated heterocycles. The van der Waals surface area contributed by atoms with Crippen LogP contribution in [0.15, 0.2) is 74.9 Å². The summed E-state index contributed by atoms with van der Waals surface area (Å²) in [6.07, 6.45) is 1.45. The van der Waals surface area contributed by atoms with Crippen LogP contribution in [0.5, 0.6) is 0 Å². The molecule has 0 bridgehead atoms. The summed E-state index contributed by atoms with van der Waals surface area (Å²) in [5.74, 6) is -0.437. The molecule has 0 unspecified atom stereocenters. The molecule has 3 rings (SSSR count). The lowest BCUT2D eigenvalue weighted by molar-refractivity contribution is -0.116. The number of hydrogen-bond donors (Lipinski definition) is 1. The van der Waals surface area contributed by atoms with Crippen LogP contribution in [0.2, 0.25) is 0 Å². The van der Waals surface area contributed by atoms with Crippen LogP contribution in [0.1, 0.15) is 11.1 Å². The first-order chi connectivity index (χ1) is 12.9. The van der Waals surface area contributed by atoms with Gasteiger partial charge in [0.1, 0.15) is 6.54 Å². The molecule has 0 radical (unpaired) electrons. The van der Waals surface area contributed by atoms with Crippen molar-refractivity contribution in [3.8, 4) is 0 Å². The number of anilines is 1. The fourth-order valence-corrected chi connectivity index (χ4v) is 2.92. The number of hydrogen-bond acceptors (Lipinski definition) is 3. The van der Waals surface area contributed by atoms with E-state index in [0.29, 0.717) is 12.2 Å². The average molecular weight is 428 g/mol. The first kappa shape index (κ1) is 18.8. The van der Waals surface area contributed by atoms with Gasteiger partial charge in [0.25, 0.3) is 5.56 Å². The maximum atomic E-state index is 12.6. The minimum Gasteiger partial charge on any atom is -0.325 e. The average Bonchev–Trinajstić information content (AvgIpc) is 2.65. The Bertz CT molecular complexity index is 1090. The molecule has 27 heavy (non-hydrogen) atoms. The molecule has 1 heterocycles. The van der Waals surface area contributed by atoms with E-state index in [1.165, 1.54) is 16.8 Å². The van der Waals surface area contributed by atoms with Crippen molar-refractivity contribution in [1.82, 2.24) is 9.13 Å². The van der Waals surface area contributed by atoms with E-state index >= 15 is 0 Å². The zero-order valence-corrected chi connectivity index (χ0v) is 16.3. The van der Waals surface area contributed by atoms with Gasteiger partial charge in [-0.15, -0.1) is 0 Å². The molecule has 1 N–H and O–H groups in total. The Hall–Kier alpha value is -2.93. The number of aryl methyl sites for hydroxylation is 1. The molecular weight excluding hydrogens is 410 g/mol. The van der Waals surface area contributed by atoms with E-state index in [2.05, 4.69) is 21.2 Å². The van der Waals surface area contributed by atoms with Gasteiger partial charge in [-0.3, -0.25) is 18.7 Å². The second-order valence-electron chi connectivity index (χ2n) is 6.15. The fourth-order valence-electron chi connectivity index (χ4n) is 2.67. The molecule has 138 valence electrons. The molecule has 0 atom stereocenters. The molecule has 0 fully saturated rings. The van der Waals surface area contributed by atoms with Gasteiger partial charge in [-0.25, -0.2) is 4.79 Å². The van der Waals surface area contributed by atoms with Gasteiger partial charge in [-0.05, 0) is 36.2 Å². The molecular formula is C20H18BrN3O3. The number of nitrogens with zero attached hydrogens (tertiary/aromatic N) is 2. The number of rotatable bonds is 5. The minimum atomic E-state index is -0.520. The van der Waals surface area contributed by atoms with Crippen LogP contribution in [0.4, 0.5) is 5.69 Å². The number of carbonyl (C=O) groups excluding carboxylic acids is 1. The maximum Gasteiger partial charge on any atom is 0.331 e. The molecule has 0 aliphatic carbocycles. The van der Waals surface area contributed by atoms with Crippen LogP contribution in [0.25, 0.3) is 0 Å². The highest BCUT2D eigenvalue weighted by atomic mass is 79.9. The highest BCUT2D eigenvalue weighted by Gasteiger charge is 2.11. The fraction of sp³-hybridized carbons (Fsp3) is 0.150. The molecule has 1 amide bonds. The minimum absolute atomic E-state index is 0.327. The highest BCUT2D eigenvalue weighted by molar-refractivity contribution is 9.10. The second kappa shape index (κ2) is 8.18. The van der Waals surface area contributed by atoms with E-state index in [1.54, 1.807) is 6.07 Å². The van der Waals surface area contributed by atoms with E-state index < -0.39 is 17.2 Å². The van der Waals surface area contributed by atoms with Crippen molar-refractivity contribution in [3.05, 3.63) is 97.2 Å². The predicted octanol–water partition coefficient (Wildman–Crippen LogP) is 2.77. The molecule has 0 spiro atoms. The normalized spacial score (nSPS) is 10.6. The van der Waals surface area contributed by atoms with Gasteiger partial charge in [0.05, 0.1) is 6.54 Å². The van der Waals surface area contributed by atoms with Crippen LogP contribution in [0.3, 0.4) is 0 Å². The van der Waals surface area contributed by atoms with Gasteiger partial charge < -0.3 is 5.32 Å². The van der Waals surface area contributed by atoms with Crippen LogP contribution in [0, 0.1) is 6.92 Å². The Morgan fingerprint density at radius 2 is 1.81 bits per heavy atom. The number of nitrogens with one attached hydrogen (secondary N) is 1. The van der Waals surface area contributed by atoms with E-state index in [0.717, 1.165) is 20.2 Å². The van der Waals surface area contributed by atoms with Crippen molar-refractivity contribution in [2.45, 2.75) is 20.0 Å². The Morgan fingerprint density at radius 1 is 1.07 bits per heavy atom. The number of benzene rings is 2. The molecule has 0 saturated carbocycles. The summed E-state index contributed by atoms with van der Waals surface area (Å²) in [4.78, 5) is 37.0. The zero-order chi connectivity index (χ0) is 19.4.